The summed E-state index contributed by atoms with van der Waals surface area (Å²) in [5, 5.41) is 1.68. The van der Waals surface area contributed by atoms with E-state index in [2.05, 4.69) is 0 Å². The van der Waals surface area contributed by atoms with Crippen molar-refractivity contribution in [2.45, 2.75) is 33.4 Å². The van der Waals surface area contributed by atoms with Crippen molar-refractivity contribution in [1.82, 2.24) is 4.57 Å². The number of carbonyl (C=O) groups is 2. The number of aromatic nitrogens is 1. The first-order valence-corrected chi connectivity index (χ1v) is 7.71. The lowest BCUT2D eigenvalue weighted by Gasteiger charge is -2.13. The molecule has 1 heterocycles. The van der Waals surface area contributed by atoms with Gasteiger partial charge in [-0.3, -0.25) is 19.0 Å². The summed E-state index contributed by atoms with van der Waals surface area (Å²) in [5.41, 5.74) is 2.24. The van der Waals surface area contributed by atoms with Crippen LogP contribution in [-0.4, -0.2) is 22.4 Å². The van der Waals surface area contributed by atoms with Crippen LogP contribution in [0.25, 0.3) is 0 Å². The molecular weight excluding hydrogens is 302 g/mol. The SMILES string of the molecule is Cc1ccc(C(=O)[C@H](C)OC(=O)Cn2c(C)csc2=O)cc1. The minimum Gasteiger partial charge on any atom is -0.453 e. The highest BCUT2D eigenvalue weighted by Gasteiger charge is 2.20. The molecule has 0 radical (unpaired) electrons. The van der Waals surface area contributed by atoms with Gasteiger partial charge in [-0.25, -0.2) is 0 Å². The van der Waals surface area contributed by atoms with Crippen molar-refractivity contribution in [3.63, 3.8) is 0 Å². The second kappa shape index (κ2) is 6.70. The molecule has 22 heavy (non-hydrogen) atoms. The Kier molecular flexibility index (Phi) is 4.92. The summed E-state index contributed by atoms with van der Waals surface area (Å²) in [6.45, 7) is 5.02. The fourth-order valence-electron chi connectivity index (χ4n) is 1.97. The zero-order valence-corrected chi connectivity index (χ0v) is 13.5. The lowest BCUT2D eigenvalue weighted by Crippen LogP contribution is -2.29. The van der Waals surface area contributed by atoms with Crippen LogP contribution in [0.2, 0.25) is 0 Å². The summed E-state index contributed by atoms with van der Waals surface area (Å²) in [6.07, 6.45) is -0.884. The van der Waals surface area contributed by atoms with Crippen LogP contribution in [0.4, 0.5) is 0 Å². The van der Waals surface area contributed by atoms with E-state index in [9.17, 15) is 14.4 Å². The fourth-order valence-corrected chi connectivity index (χ4v) is 2.70. The number of hydrogen-bond acceptors (Lipinski definition) is 5. The number of rotatable bonds is 5. The van der Waals surface area contributed by atoms with Crippen molar-refractivity contribution in [3.05, 3.63) is 56.1 Å². The molecule has 0 fully saturated rings. The second-order valence-corrected chi connectivity index (χ2v) is 5.91. The number of carbonyl (C=O) groups excluding carboxylic acids is 2. The molecule has 0 spiro atoms. The maximum atomic E-state index is 12.2. The minimum absolute atomic E-state index is 0.181. The van der Waals surface area contributed by atoms with Gasteiger partial charge in [-0.05, 0) is 20.8 Å². The number of benzene rings is 1. The van der Waals surface area contributed by atoms with Crippen LogP contribution in [0.5, 0.6) is 0 Å². The summed E-state index contributed by atoms with van der Waals surface area (Å²) in [7, 11) is 0. The molecule has 2 rings (SSSR count). The standard InChI is InChI=1S/C16H17NO4S/c1-10-4-6-13(7-5-10)15(19)12(3)21-14(18)8-17-11(2)9-22-16(17)20/h4-7,9,12H,8H2,1-3H3/t12-/m0/s1. The Morgan fingerprint density at radius 1 is 1.23 bits per heavy atom. The number of ketones is 1. The average Bonchev–Trinajstić information content (AvgIpc) is 2.79. The molecule has 0 aliphatic carbocycles. The number of thiazole rings is 1. The van der Waals surface area contributed by atoms with Crippen LogP contribution in [-0.2, 0) is 16.1 Å². The summed E-state index contributed by atoms with van der Waals surface area (Å²) >= 11 is 1.03. The van der Waals surface area contributed by atoms with Gasteiger partial charge in [0.1, 0.15) is 6.54 Å². The summed E-state index contributed by atoms with van der Waals surface area (Å²) in [6, 6.07) is 7.07. The predicted octanol–water partition coefficient (Wildman–Crippen LogP) is 2.34. The smallest absolute Gasteiger partial charge is 0.326 e. The van der Waals surface area contributed by atoms with E-state index in [1.165, 1.54) is 11.5 Å². The molecule has 116 valence electrons. The third-order valence-corrected chi connectivity index (χ3v) is 4.16. The van der Waals surface area contributed by atoms with E-state index in [4.69, 9.17) is 4.74 Å². The molecule has 0 unspecified atom stereocenters. The van der Waals surface area contributed by atoms with Crippen molar-refractivity contribution in [3.8, 4) is 0 Å². The van der Waals surface area contributed by atoms with Gasteiger partial charge in [0.2, 0.25) is 5.78 Å². The van der Waals surface area contributed by atoms with Gasteiger partial charge in [0.15, 0.2) is 6.10 Å². The van der Waals surface area contributed by atoms with Crippen LogP contribution in [0, 0.1) is 13.8 Å². The van der Waals surface area contributed by atoms with Gasteiger partial charge in [0.25, 0.3) is 0 Å². The maximum absolute atomic E-state index is 12.2. The number of ether oxygens (including phenoxy) is 1. The van der Waals surface area contributed by atoms with E-state index >= 15 is 0 Å². The molecule has 0 saturated heterocycles. The summed E-state index contributed by atoms with van der Waals surface area (Å²) in [5.74, 6) is -0.862. The Morgan fingerprint density at radius 3 is 2.41 bits per heavy atom. The quantitative estimate of drug-likeness (QED) is 0.627. The van der Waals surface area contributed by atoms with Crippen molar-refractivity contribution in [2.75, 3.05) is 0 Å². The molecule has 0 aliphatic rings. The molecule has 0 aliphatic heterocycles. The molecule has 0 N–H and O–H groups in total. The zero-order chi connectivity index (χ0) is 16.3. The first-order chi connectivity index (χ1) is 10.4. The predicted molar refractivity (Wildman–Crippen MR) is 84.4 cm³/mol. The largest absolute Gasteiger partial charge is 0.453 e. The highest BCUT2D eigenvalue weighted by Crippen LogP contribution is 2.09. The highest BCUT2D eigenvalue weighted by atomic mass is 32.1. The third-order valence-electron chi connectivity index (χ3n) is 3.28. The summed E-state index contributed by atoms with van der Waals surface area (Å²) < 4.78 is 6.47. The van der Waals surface area contributed by atoms with Gasteiger partial charge in [0.05, 0.1) is 0 Å². The fraction of sp³-hybridized carbons (Fsp3) is 0.312. The molecule has 5 nitrogen and oxygen atoms in total. The first-order valence-electron chi connectivity index (χ1n) is 6.84. The van der Waals surface area contributed by atoms with E-state index < -0.39 is 12.1 Å². The number of hydrogen-bond donors (Lipinski definition) is 0. The Bertz CT molecular complexity index is 742. The van der Waals surface area contributed by atoms with Gasteiger partial charge in [-0.15, -0.1) is 0 Å². The molecule has 0 amide bonds. The third kappa shape index (κ3) is 3.71. The molecule has 0 saturated carbocycles. The van der Waals surface area contributed by atoms with Crippen molar-refractivity contribution < 1.29 is 14.3 Å². The Balaban J connectivity index is 2.00. The van der Waals surface area contributed by atoms with Crippen LogP contribution in [0.3, 0.4) is 0 Å². The van der Waals surface area contributed by atoms with Gasteiger partial charge in [-0.2, -0.15) is 0 Å². The Hall–Kier alpha value is -2.21. The number of Topliss-reactive ketones (excluding diaryl/α,β-unsaturated/α-hetero) is 1. The first kappa shape index (κ1) is 16.2. The van der Waals surface area contributed by atoms with E-state index in [1.54, 1.807) is 24.4 Å². The Morgan fingerprint density at radius 2 is 1.86 bits per heavy atom. The van der Waals surface area contributed by atoms with Gasteiger partial charge in [-0.1, -0.05) is 41.2 Å². The van der Waals surface area contributed by atoms with Gasteiger partial charge >= 0.3 is 10.8 Å². The van der Waals surface area contributed by atoms with Crippen molar-refractivity contribution in [1.29, 1.82) is 0 Å². The topological polar surface area (TPSA) is 65.4 Å². The Labute approximate surface area is 132 Å². The van der Waals surface area contributed by atoms with Crippen molar-refractivity contribution >= 4 is 23.1 Å². The summed E-state index contributed by atoms with van der Waals surface area (Å²) in [4.78, 5) is 35.4. The van der Waals surface area contributed by atoms with Crippen LogP contribution >= 0.6 is 11.3 Å². The number of nitrogens with zero attached hydrogens (tertiary/aromatic N) is 1. The molecule has 1 aromatic carbocycles. The van der Waals surface area contributed by atoms with Crippen molar-refractivity contribution in [2.24, 2.45) is 0 Å². The molecule has 0 bridgehead atoms. The van der Waals surface area contributed by atoms with E-state index in [1.807, 2.05) is 19.1 Å². The molecule has 1 atom stereocenters. The zero-order valence-electron chi connectivity index (χ0n) is 12.7. The minimum atomic E-state index is -0.884. The molecule has 6 heteroatoms. The average molecular weight is 319 g/mol. The molecule has 1 aromatic heterocycles. The number of esters is 1. The van der Waals surface area contributed by atoms with Crippen LogP contribution < -0.4 is 4.87 Å². The normalized spacial score (nSPS) is 12.0. The number of aryl methyl sites for hydroxylation is 2. The van der Waals surface area contributed by atoms with Gasteiger partial charge < -0.3 is 4.74 Å². The maximum Gasteiger partial charge on any atom is 0.326 e. The second-order valence-electron chi connectivity index (χ2n) is 5.09. The van der Waals surface area contributed by atoms with Crippen LogP contribution in [0.1, 0.15) is 28.5 Å². The van der Waals surface area contributed by atoms with E-state index in [-0.39, 0.29) is 17.2 Å². The van der Waals surface area contributed by atoms with Gasteiger partial charge in [0, 0.05) is 16.6 Å². The van der Waals surface area contributed by atoms with E-state index in [0.717, 1.165) is 16.9 Å². The van der Waals surface area contributed by atoms with E-state index in [0.29, 0.717) is 11.3 Å². The monoisotopic (exact) mass is 319 g/mol. The molecular formula is C16H17NO4S. The molecule has 2 aromatic rings. The highest BCUT2D eigenvalue weighted by molar-refractivity contribution is 7.07. The lowest BCUT2D eigenvalue weighted by molar-refractivity contribution is -0.147. The van der Waals surface area contributed by atoms with Crippen LogP contribution in [0.15, 0.2) is 34.4 Å². The lowest BCUT2D eigenvalue weighted by atomic mass is 10.1.